The number of halogens is 1. The quantitative estimate of drug-likeness (QED) is 0.889. The number of benzene rings is 2. The lowest BCUT2D eigenvalue weighted by atomic mass is 10.1. The zero-order valence-electron chi connectivity index (χ0n) is 12.6. The van der Waals surface area contributed by atoms with Gasteiger partial charge in [-0.2, -0.15) is 0 Å². The summed E-state index contributed by atoms with van der Waals surface area (Å²) in [6, 6.07) is 13.6. The van der Waals surface area contributed by atoms with Gasteiger partial charge in [-0.1, -0.05) is 36.4 Å². The van der Waals surface area contributed by atoms with Gasteiger partial charge in [0.1, 0.15) is 0 Å². The molecule has 1 atom stereocenters. The standard InChI is InChI=1S/C17H19FN2O2/c1-12(14-8-9-16(22-2)15(18)10-14)20-17(21)19-11-13-6-4-3-5-7-13/h3-10,12H,11H2,1-2H3,(H2,19,20,21). The van der Waals surface area contributed by atoms with Gasteiger partial charge in [0, 0.05) is 6.54 Å². The van der Waals surface area contributed by atoms with E-state index < -0.39 is 5.82 Å². The molecule has 116 valence electrons. The Morgan fingerprint density at radius 3 is 2.59 bits per heavy atom. The van der Waals surface area contributed by atoms with Crippen LogP contribution < -0.4 is 15.4 Å². The first kappa shape index (κ1) is 15.8. The van der Waals surface area contributed by atoms with Gasteiger partial charge in [0.25, 0.3) is 0 Å². The van der Waals surface area contributed by atoms with E-state index >= 15 is 0 Å². The van der Waals surface area contributed by atoms with Crippen molar-refractivity contribution in [2.24, 2.45) is 0 Å². The average Bonchev–Trinajstić information content (AvgIpc) is 2.53. The highest BCUT2D eigenvalue weighted by molar-refractivity contribution is 5.74. The van der Waals surface area contributed by atoms with Crippen LogP contribution in [0.5, 0.6) is 5.75 Å². The summed E-state index contributed by atoms with van der Waals surface area (Å²) in [5.41, 5.74) is 1.69. The summed E-state index contributed by atoms with van der Waals surface area (Å²) in [5.74, 6) is -0.261. The van der Waals surface area contributed by atoms with Gasteiger partial charge in [0.05, 0.1) is 13.2 Å². The third-order valence-corrected chi connectivity index (χ3v) is 3.32. The van der Waals surface area contributed by atoms with E-state index in [4.69, 9.17) is 4.74 Å². The number of amides is 2. The lowest BCUT2D eigenvalue weighted by Gasteiger charge is -2.16. The number of hydrogen-bond donors (Lipinski definition) is 2. The van der Waals surface area contributed by atoms with E-state index in [0.29, 0.717) is 12.1 Å². The van der Waals surface area contributed by atoms with E-state index in [1.165, 1.54) is 13.2 Å². The molecule has 0 saturated heterocycles. The van der Waals surface area contributed by atoms with Crippen LogP contribution in [0.15, 0.2) is 48.5 Å². The smallest absolute Gasteiger partial charge is 0.315 e. The fourth-order valence-corrected chi connectivity index (χ4v) is 2.06. The molecule has 0 saturated carbocycles. The van der Waals surface area contributed by atoms with E-state index in [1.54, 1.807) is 19.1 Å². The molecule has 0 spiro atoms. The fourth-order valence-electron chi connectivity index (χ4n) is 2.06. The first-order valence-corrected chi connectivity index (χ1v) is 7.02. The van der Waals surface area contributed by atoms with Crippen LogP contribution in [0.2, 0.25) is 0 Å². The van der Waals surface area contributed by atoms with Crippen LogP contribution in [0.25, 0.3) is 0 Å². The Bertz CT molecular complexity index is 632. The van der Waals surface area contributed by atoms with Gasteiger partial charge in [-0.3, -0.25) is 0 Å². The maximum absolute atomic E-state index is 13.7. The molecule has 1 unspecified atom stereocenters. The first-order chi connectivity index (χ1) is 10.6. The molecule has 0 aromatic heterocycles. The van der Waals surface area contributed by atoms with Crippen molar-refractivity contribution in [1.82, 2.24) is 10.6 Å². The molecule has 0 aliphatic carbocycles. The largest absolute Gasteiger partial charge is 0.494 e. The van der Waals surface area contributed by atoms with Gasteiger partial charge in [0.2, 0.25) is 0 Å². The summed E-state index contributed by atoms with van der Waals surface area (Å²) in [4.78, 5) is 11.9. The molecular weight excluding hydrogens is 283 g/mol. The minimum absolute atomic E-state index is 0.185. The highest BCUT2D eigenvalue weighted by atomic mass is 19.1. The summed E-state index contributed by atoms with van der Waals surface area (Å²) in [6.45, 7) is 2.24. The molecule has 0 radical (unpaired) electrons. The molecule has 2 aromatic rings. The van der Waals surface area contributed by atoms with Crippen LogP contribution in [0.3, 0.4) is 0 Å². The van der Waals surface area contributed by atoms with Crippen LogP contribution in [-0.2, 0) is 6.54 Å². The molecule has 2 N–H and O–H groups in total. The number of methoxy groups -OCH3 is 1. The van der Waals surface area contributed by atoms with E-state index in [-0.39, 0.29) is 17.8 Å². The molecular formula is C17H19FN2O2. The maximum atomic E-state index is 13.7. The molecule has 0 heterocycles. The number of rotatable bonds is 5. The Balaban J connectivity index is 1.89. The van der Waals surface area contributed by atoms with Gasteiger partial charge in [0.15, 0.2) is 11.6 Å². The molecule has 2 aromatic carbocycles. The van der Waals surface area contributed by atoms with Crippen molar-refractivity contribution in [3.8, 4) is 5.75 Å². The minimum atomic E-state index is -0.446. The number of carbonyl (C=O) groups is 1. The Hall–Kier alpha value is -2.56. The third-order valence-electron chi connectivity index (χ3n) is 3.32. The Labute approximate surface area is 129 Å². The van der Waals surface area contributed by atoms with Crippen molar-refractivity contribution in [3.05, 3.63) is 65.5 Å². The number of ether oxygens (including phenoxy) is 1. The molecule has 22 heavy (non-hydrogen) atoms. The highest BCUT2D eigenvalue weighted by Crippen LogP contribution is 2.21. The zero-order chi connectivity index (χ0) is 15.9. The summed E-state index contributed by atoms with van der Waals surface area (Å²) in [6.07, 6.45) is 0. The Morgan fingerprint density at radius 2 is 1.95 bits per heavy atom. The van der Waals surface area contributed by atoms with Gasteiger partial charge in [-0.05, 0) is 30.2 Å². The lowest BCUT2D eigenvalue weighted by molar-refractivity contribution is 0.237. The molecule has 0 aliphatic heterocycles. The van der Waals surface area contributed by atoms with E-state index in [2.05, 4.69) is 10.6 Å². The van der Waals surface area contributed by atoms with Gasteiger partial charge in [-0.15, -0.1) is 0 Å². The topological polar surface area (TPSA) is 50.4 Å². The number of nitrogens with one attached hydrogen (secondary N) is 2. The summed E-state index contributed by atoms with van der Waals surface area (Å²) in [5, 5.41) is 5.54. The second-order valence-corrected chi connectivity index (χ2v) is 4.93. The first-order valence-electron chi connectivity index (χ1n) is 7.02. The van der Waals surface area contributed by atoms with Crippen LogP contribution in [0.1, 0.15) is 24.1 Å². The van der Waals surface area contributed by atoms with Crippen molar-refractivity contribution in [2.45, 2.75) is 19.5 Å². The van der Waals surface area contributed by atoms with Crippen LogP contribution >= 0.6 is 0 Å². The Kier molecular flexibility index (Phi) is 5.36. The SMILES string of the molecule is COc1ccc(C(C)NC(=O)NCc2ccccc2)cc1F. The molecule has 5 heteroatoms. The van der Waals surface area contributed by atoms with Crippen molar-refractivity contribution >= 4 is 6.03 Å². The maximum Gasteiger partial charge on any atom is 0.315 e. The van der Waals surface area contributed by atoms with E-state index in [9.17, 15) is 9.18 Å². The van der Waals surface area contributed by atoms with Gasteiger partial charge < -0.3 is 15.4 Å². The van der Waals surface area contributed by atoms with E-state index in [1.807, 2.05) is 30.3 Å². The number of carbonyl (C=O) groups excluding carboxylic acids is 1. The number of hydrogen-bond acceptors (Lipinski definition) is 2. The zero-order valence-corrected chi connectivity index (χ0v) is 12.6. The van der Waals surface area contributed by atoms with Crippen molar-refractivity contribution < 1.29 is 13.9 Å². The number of urea groups is 1. The predicted molar refractivity (Wildman–Crippen MR) is 83.2 cm³/mol. The Morgan fingerprint density at radius 1 is 1.23 bits per heavy atom. The molecule has 0 bridgehead atoms. The third kappa shape index (κ3) is 4.22. The summed E-state index contributed by atoms with van der Waals surface area (Å²) < 4.78 is 18.5. The second kappa shape index (κ2) is 7.45. The van der Waals surface area contributed by atoms with Crippen LogP contribution in [0.4, 0.5) is 9.18 Å². The van der Waals surface area contributed by atoms with Gasteiger partial charge in [-0.25, -0.2) is 9.18 Å². The molecule has 2 amide bonds. The predicted octanol–water partition coefficient (Wildman–Crippen LogP) is 3.39. The monoisotopic (exact) mass is 302 g/mol. The summed E-state index contributed by atoms with van der Waals surface area (Å²) >= 11 is 0. The lowest BCUT2D eigenvalue weighted by Crippen LogP contribution is -2.36. The fraction of sp³-hybridized carbons (Fsp3) is 0.235. The van der Waals surface area contributed by atoms with Crippen LogP contribution in [0, 0.1) is 5.82 Å². The molecule has 4 nitrogen and oxygen atoms in total. The van der Waals surface area contributed by atoms with Crippen LogP contribution in [-0.4, -0.2) is 13.1 Å². The van der Waals surface area contributed by atoms with Crippen molar-refractivity contribution in [3.63, 3.8) is 0 Å². The van der Waals surface area contributed by atoms with Crippen molar-refractivity contribution in [2.75, 3.05) is 7.11 Å². The van der Waals surface area contributed by atoms with Gasteiger partial charge >= 0.3 is 6.03 Å². The molecule has 0 aliphatic rings. The molecule has 0 fully saturated rings. The second-order valence-electron chi connectivity index (χ2n) is 4.93. The molecule has 2 rings (SSSR count). The highest BCUT2D eigenvalue weighted by Gasteiger charge is 2.12. The normalized spacial score (nSPS) is 11.6. The minimum Gasteiger partial charge on any atom is -0.494 e. The van der Waals surface area contributed by atoms with E-state index in [0.717, 1.165) is 5.56 Å². The van der Waals surface area contributed by atoms with Crippen molar-refractivity contribution in [1.29, 1.82) is 0 Å². The summed E-state index contributed by atoms with van der Waals surface area (Å²) in [7, 11) is 1.41. The average molecular weight is 302 g/mol.